The van der Waals surface area contributed by atoms with Gasteiger partial charge >= 0.3 is 0 Å². The highest BCUT2D eigenvalue weighted by molar-refractivity contribution is 5.84. The summed E-state index contributed by atoms with van der Waals surface area (Å²) in [7, 11) is 2.17. The summed E-state index contributed by atoms with van der Waals surface area (Å²) < 4.78 is 6.22. The highest BCUT2D eigenvalue weighted by Crippen LogP contribution is 2.23. The lowest BCUT2D eigenvalue weighted by molar-refractivity contribution is 0.120. The van der Waals surface area contributed by atoms with Gasteiger partial charge in [-0.25, -0.2) is 0 Å². The summed E-state index contributed by atoms with van der Waals surface area (Å²) in [5, 5.41) is 2.47. The smallest absolute Gasteiger partial charge is 0.123 e. The molecule has 1 aliphatic rings. The highest BCUT2D eigenvalue weighted by atomic mass is 16.5. The number of piperazine rings is 1. The van der Waals surface area contributed by atoms with E-state index in [2.05, 4.69) is 82.2 Å². The molecule has 0 N–H and O–H groups in total. The van der Waals surface area contributed by atoms with Crippen molar-refractivity contribution in [3.63, 3.8) is 0 Å². The molecule has 1 saturated heterocycles. The molecule has 0 aliphatic carbocycles. The van der Waals surface area contributed by atoms with Gasteiger partial charge in [0.2, 0.25) is 0 Å². The van der Waals surface area contributed by atoms with E-state index in [0.29, 0.717) is 0 Å². The van der Waals surface area contributed by atoms with E-state index >= 15 is 0 Å². The summed E-state index contributed by atoms with van der Waals surface area (Å²) in [6, 6.07) is 17.0. The van der Waals surface area contributed by atoms with E-state index in [-0.39, 0.29) is 0 Å². The van der Waals surface area contributed by atoms with Crippen LogP contribution in [0.1, 0.15) is 18.1 Å². The quantitative estimate of drug-likeness (QED) is 0.526. The summed E-state index contributed by atoms with van der Waals surface area (Å²) in [6.45, 7) is 11.5. The second-order valence-corrected chi connectivity index (χ2v) is 8.42. The fraction of sp³-hybridized carbons (Fsp3) is 0.423. The fourth-order valence-corrected chi connectivity index (χ4v) is 4.35. The number of hydrogen-bond donors (Lipinski definition) is 0. The van der Waals surface area contributed by atoms with Crippen LogP contribution in [0.25, 0.3) is 10.8 Å². The minimum Gasteiger partial charge on any atom is -0.492 e. The molecule has 31 heavy (non-hydrogen) atoms. The monoisotopic (exact) mass is 418 g/mol. The van der Waals surface area contributed by atoms with Gasteiger partial charge in [0.15, 0.2) is 0 Å². The van der Waals surface area contributed by atoms with Crippen LogP contribution in [0.2, 0.25) is 0 Å². The second-order valence-electron chi connectivity index (χ2n) is 8.42. The topological polar surface area (TPSA) is 31.8 Å². The van der Waals surface area contributed by atoms with E-state index in [4.69, 9.17) is 4.74 Å². The Labute approximate surface area is 186 Å². The molecule has 1 aliphatic heterocycles. The highest BCUT2D eigenvalue weighted by Gasteiger charge is 2.15. The molecule has 2 aromatic carbocycles. The van der Waals surface area contributed by atoms with E-state index < -0.39 is 0 Å². The minimum absolute atomic E-state index is 0.739. The van der Waals surface area contributed by atoms with Crippen LogP contribution in [0.5, 0.6) is 5.75 Å². The van der Waals surface area contributed by atoms with Crippen LogP contribution in [-0.4, -0.2) is 72.6 Å². The van der Waals surface area contributed by atoms with Crippen molar-refractivity contribution in [1.82, 2.24) is 19.7 Å². The van der Waals surface area contributed by atoms with Gasteiger partial charge in [-0.2, -0.15) is 0 Å². The van der Waals surface area contributed by atoms with E-state index in [0.717, 1.165) is 51.6 Å². The molecule has 0 atom stereocenters. The number of ether oxygens (including phenoxy) is 1. The Morgan fingerprint density at radius 3 is 2.48 bits per heavy atom. The third kappa shape index (κ3) is 5.82. The maximum Gasteiger partial charge on any atom is 0.123 e. The first-order valence-electron chi connectivity index (χ1n) is 11.4. The molecule has 4 rings (SSSR count). The molecule has 1 aromatic heterocycles. The molecular weight excluding hydrogens is 384 g/mol. The van der Waals surface area contributed by atoms with E-state index in [1.165, 1.54) is 35.0 Å². The molecule has 0 radical (unpaired) electrons. The van der Waals surface area contributed by atoms with Crippen LogP contribution in [-0.2, 0) is 13.1 Å². The average molecular weight is 419 g/mol. The average Bonchev–Trinajstić information content (AvgIpc) is 2.81. The van der Waals surface area contributed by atoms with Crippen LogP contribution in [0.3, 0.4) is 0 Å². The number of aromatic nitrogens is 1. The molecule has 0 spiro atoms. The Hall–Kier alpha value is -2.47. The van der Waals surface area contributed by atoms with Crippen molar-refractivity contribution in [2.45, 2.75) is 20.0 Å². The number of pyridine rings is 1. The maximum atomic E-state index is 6.22. The van der Waals surface area contributed by atoms with Gasteiger partial charge in [-0.15, -0.1) is 0 Å². The van der Waals surface area contributed by atoms with Crippen LogP contribution in [0, 0.1) is 0 Å². The summed E-state index contributed by atoms with van der Waals surface area (Å²) in [4.78, 5) is 11.6. The molecule has 3 aromatic rings. The Morgan fingerprint density at radius 1 is 0.903 bits per heavy atom. The molecule has 0 saturated carbocycles. The number of hydrogen-bond acceptors (Lipinski definition) is 5. The zero-order valence-electron chi connectivity index (χ0n) is 18.8. The Bertz CT molecular complexity index is 963. The lowest BCUT2D eigenvalue weighted by Gasteiger charge is -2.33. The molecule has 0 bridgehead atoms. The van der Waals surface area contributed by atoms with Crippen molar-refractivity contribution < 1.29 is 4.74 Å². The zero-order valence-corrected chi connectivity index (χ0v) is 18.8. The number of benzene rings is 2. The summed E-state index contributed by atoms with van der Waals surface area (Å²) >= 11 is 0. The Balaban J connectivity index is 1.33. The van der Waals surface area contributed by atoms with E-state index in [1.807, 2.05) is 12.4 Å². The molecule has 0 amide bonds. The first-order chi connectivity index (χ1) is 15.2. The van der Waals surface area contributed by atoms with Crippen molar-refractivity contribution in [3.05, 3.63) is 72.1 Å². The second kappa shape index (κ2) is 10.7. The van der Waals surface area contributed by atoms with Crippen molar-refractivity contribution in [1.29, 1.82) is 0 Å². The van der Waals surface area contributed by atoms with Crippen LogP contribution in [0.4, 0.5) is 0 Å². The summed E-state index contributed by atoms with van der Waals surface area (Å²) in [6.07, 6.45) is 3.81. The first kappa shape index (κ1) is 21.8. The standard InChI is InChI=1S/C26H34N4O/c1-3-29-13-15-30(16-14-29)17-18-31-26-10-5-4-7-24(26)21-28(2)20-23-9-6-8-22-19-27-12-11-25(22)23/h4-12,19H,3,13-18,20-21H2,1-2H3. The zero-order chi connectivity index (χ0) is 21.5. The normalized spacial score (nSPS) is 15.6. The number of para-hydroxylation sites is 1. The molecule has 164 valence electrons. The fourth-order valence-electron chi connectivity index (χ4n) is 4.35. The van der Waals surface area contributed by atoms with E-state index in [1.54, 1.807) is 0 Å². The molecular formula is C26H34N4O. The lowest BCUT2D eigenvalue weighted by Crippen LogP contribution is -2.47. The molecule has 2 heterocycles. The minimum atomic E-state index is 0.739. The third-order valence-corrected chi connectivity index (χ3v) is 6.20. The van der Waals surface area contributed by atoms with Gasteiger partial charge in [0.1, 0.15) is 12.4 Å². The SMILES string of the molecule is CCN1CCN(CCOc2ccccc2CN(C)Cc2cccc3cnccc23)CC1. The molecule has 5 heteroatoms. The molecule has 0 unspecified atom stereocenters. The van der Waals surface area contributed by atoms with Crippen LogP contribution < -0.4 is 4.74 Å². The van der Waals surface area contributed by atoms with Crippen LogP contribution in [0.15, 0.2) is 60.9 Å². The summed E-state index contributed by atoms with van der Waals surface area (Å²) in [5.41, 5.74) is 2.56. The third-order valence-electron chi connectivity index (χ3n) is 6.20. The predicted molar refractivity (Wildman–Crippen MR) is 127 cm³/mol. The Kier molecular flexibility index (Phi) is 7.52. The van der Waals surface area contributed by atoms with Gasteiger partial charge in [-0.3, -0.25) is 14.8 Å². The van der Waals surface area contributed by atoms with Gasteiger partial charge in [-0.1, -0.05) is 43.3 Å². The van der Waals surface area contributed by atoms with Crippen molar-refractivity contribution in [2.24, 2.45) is 0 Å². The van der Waals surface area contributed by atoms with E-state index in [9.17, 15) is 0 Å². The molecule has 5 nitrogen and oxygen atoms in total. The Morgan fingerprint density at radius 2 is 1.65 bits per heavy atom. The van der Waals surface area contributed by atoms with Crippen molar-refractivity contribution >= 4 is 10.8 Å². The van der Waals surface area contributed by atoms with Gasteiger partial charge < -0.3 is 9.64 Å². The van der Waals surface area contributed by atoms with Crippen molar-refractivity contribution in [2.75, 3.05) is 52.9 Å². The van der Waals surface area contributed by atoms with Gasteiger partial charge in [0.05, 0.1) is 0 Å². The number of nitrogens with zero attached hydrogens (tertiary/aromatic N) is 4. The lowest BCUT2D eigenvalue weighted by atomic mass is 10.1. The summed E-state index contributed by atoms with van der Waals surface area (Å²) in [5.74, 6) is 1.00. The van der Waals surface area contributed by atoms with Gasteiger partial charge in [-0.05, 0) is 36.7 Å². The first-order valence-corrected chi connectivity index (χ1v) is 11.4. The van der Waals surface area contributed by atoms with Crippen LogP contribution >= 0.6 is 0 Å². The number of likely N-dealkylation sites (N-methyl/N-ethyl adjacent to an activating group) is 1. The predicted octanol–water partition coefficient (Wildman–Crippen LogP) is 3.88. The number of rotatable bonds is 9. The molecule has 1 fully saturated rings. The number of fused-ring (bicyclic) bond motifs is 1. The maximum absolute atomic E-state index is 6.22. The van der Waals surface area contributed by atoms with Crippen molar-refractivity contribution in [3.8, 4) is 5.75 Å². The van der Waals surface area contributed by atoms with Gasteiger partial charge in [0, 0.05) is 69.2 Å². The largest absolute Gasteiger partial charge is 0.492 e. The van der Waals surface area contributed by atoms with Gasteiger partial charge in [0.25, 0.3) is 0 Å².